The number of rotatable bonds is 13. The number of nitrogens with one attached hydrogen (secondary N) is 3. The van der Waals surface area contributed by atoms with Gasteiger partial charge in [-0.1, -0.05) is 6.08 Å². The molecule has 10 rings (SSSR count). The first-order chi connectivity index (χ1) is 33.3. The third-order valence-electron chi connectivity index (χ3n) is 12.8. The molecule has 1 atom stereocenters. The number of alkyl halides is 10. The number of H-pyrrole nitrogens is 1. The number of hydrogen-bond acceptors (Lipinski definition) is 14. The van der Waals surface area contributed by atoms with E-state index < -0.39 is 61.5 Å². The van der Waals surface area contributed by atoms with Crippen LogP contribution in [0.1, 0.15) is 59.2 Å². The molecule has 1 unspecified atom stereocenters. The number of piperidine rings is 1. The highest BCUT2D eigenvalue weighted by Gasteiger charge is 2.47. The Kier molecular flexibility index (Phi) is 12.3. The monoisotopic (exact) mass is 985 g/mol. The average molecular weight is 986 g/mol. The topological polar surface area (TPSA) is 146 Å². The van der Waals surface area contributed by atoms with Crippen LogP contribution >= 0.6 is 0 Å². The SMILES string of the molecule is FC1(F)CN(c2nc(Nc3cc(C(F)(F)F)ccn3)cc(C3CCN(CC4=CCN(c5cc(C(F)(F)F)cc(Nc6cc(C7CCN(Cc8cn[nH]c8)CC7)nc(N7CC(F)(F)C7)n6)n5)C=C4)C3)n2)C1. The third-order valence-corrected chi connectivity index (χ3v) is 12.8. The van der Waals surface area contributed by atoms with E-state index in [9.17, 15) is 43.9 Å². The highest BCUT2D eigenvalue weighted by molar-refractivity contribution is 5.61. The van der Waals surface area contributed by atoms with E-state index in [2.05, 4.69) is 60.5 Å². The molecule has 3 N–H and O–H groups in total. The van der Waals surface area contributed by atoms with Crippen LogP contribution in [-0.4, -0.2) is 127 Å². The Hall–Kier alpha value is -6.63. The first-order valence-corrected chi connectivity index (χ1v) is 22.5. The van der Waals surface area contributed by atoms with Crippen molar-refractivity contribution < 1.29 is 43.9 Å². The van der Waals surface area contributed by atoms with Crippen molar-refractivity contribution >= 4 is 41.0 Å². The van der Waals surface area contributed by atoms with Crippen LogP contribution in [0.4, 0.5) is 84.9 Å². The van der Waals surface area contributed by atoms with Crippen molar-refractivity contribution in [2.75, 3.05) is 90.8 Å². The number of hydrogen-bond donors (Lipinski definition) is 3. The first kappa shape index (κ1) is 47.1. The molecule has 5 aromatic rings. The Balaban J connectivity index is 0.818. The minimum Gasteiger partial charge on any atom is -0.329 e. The lowest BCUT2D eigenvalue weighted by atomic mass is 9.93. The first-order valence-electron chi connectivity index (χ1n) is 22.5. The molecule has 0 amide bonds. The van der Waals surface area contributed by atoms with Crippen molar-refractivity contribution in [2.24, 2.45) is 0 Å². The molecule has 0 aromatic carbocycles. The summed E-state index contributed by atoms with van der Waals surface area (Å²) in [6.07, 6.45) is 2.56. The van der Waals surface area contributed by atoms with Gasteiger partial charge in [0.15, 0.2) is 0 Å². The van der Waals surface area contributed by atoms with E-state index in [1.807, 2.05) is 12.3 Å². The zero-order valence-corrected chi connectivity index (χ0v) is 37.1. The van der Waals surface area contributed by atoms with E-state index in [-0.39, 0.29) is 59.4 Å². The van der Waals surface area contributed by atoms with Gasteiger partial charge in [0.1, 0.15) is 29.1 Å². The molecule has 5 aromatic heterocycles. The smallest absolute Gasteiger partial charge is 0.329 e. The number of pyridine rings is 2. The van der Waals surface area contributed by atoms with Crippen LogP contribution in [0.15, 0.2) is 78.9 Å². The summed E-state index contributed by atoms with van der Waals surface area (Å²) in [5.41, 5.74) is 1.12. The van der Waals surface area contributed by atoms with E-state index >= 15 is 0 Å². The molecule has 4 fully saturated rings. The van der Waals surface area contributed by atoms with Gasteiger partial charge < -0.3 is 25.3 Å². The van der Waals surface area contributed by atoms with Gasteiger partial charge in [0.25, 0.3) is 11.8 Å². The maximum Gasteiger partial charge on any atom is 0.416 e. The molecule has 0 radical (unpaired) electrons. The summed E-state index contributed by atoms with van der Waals surface area (Å²) in [5, 5.41) is 12.5. The molecule has 10 heterocycles. The van der Waals surface area contributed by atoms with Gasteiger partial charge in [-0.3, -0.25) is 14.9 Å². The number of aromatic nitrogens is 8. The molecule has 25 heteroatoms. The number of nitrogens with zero attached hydrogens (tertiary/aromatic N) is 12. The van der Waals surface area contributed by atoms with E-state index in [1.54, 1.807) is 35.5 Å². The summed E-state index contributed by atoms with van der Waals surface area (Å²) in [4.78, 5) is 35.2. The van der Waals surface area contributed by atoms with Crippen LogP contribution in [-0.2, 0) is 18.9 Å². The van der Waals surface area contributed by atoms with Gasteiger partial charge in [0.2, 0.25) is 11.9 Å². The molecule has 70 heavy (non-hydrogen) atoms. The van der Waals surface area contributed by atoms with E-state index in [0.717, 1.165) is 54.7 Å². The molecule has 4 saturated heterocycles. The fourth-order valence-electron chi connectivity index (χ4n) is 9.17. The van der Waals surface area contributed by atoms with Crippen LogP contribution < -0.4 is 25.3 Å². The van der Waals surface area contributed by atoms with E-state index in [1.165, 1.54) is 9.80 Å². The fourth-order valence-corrected chi connectivity index (χ4v) is 9.17. The molecule has 5 aliphatic rings. The highest BCUT2D eigenvalue weighted by Crippen LogP contribution is 2.39. The lowest BCUT2D eigenvalue weighted by Gasteiger charge is -2.39. The Morgan fingerprint density at radius 1 is 0.657 bits per heavy atom. The van der Waals surface area contributed by atoms with Gasteiger partial charge in [-0.05, 0) is 74.8 Å². The van der Waals surface area contributed by atoms with Crippen molar-refractivity contribution in [1.82, 2.24) is 49.9 Å². The Labute approximate surface area is 393 Å². The number of anilines is 7. The normalized spacial score (nSPS) is 20.9. The lowest BCUT2D eigenvalue weighted by Crippen LogP contribution is -2.57. The quantitative estimate of drug-likeness (QED) is 0.0972. The highest BCUT2D eigenvalue weighted by atomic mass is 19.4. The van der Waals surface area contributed by atoms with Gasteiger partial charge in [0.05, 0.1) is 54.9 Å². The number of likely N-dealkylation sites (tertiary alicyclic amines) is 2. The Morgan fingerprint density at radius 3 is 1.83 bits per heavy atom. The maximum absolute atomic E-state index is 14.4. The summed E-state index contributed by atoms with van der Waals surface area (Å²) in [6, 6.07) is 6.69. The van der Waals surface area contributed by atoms with Crippen molar-refractivity contribution in [3.05, 3.63) is 107 Å². The van der Waals surface area contributed by atoms with Crippen LogP contribution in [0, 0.1) is 0 Å². The number of halogens is 10. The Bertz CT molecular complexity index is 2740. The second kappa shape index (κ2) is 18.3. The van der Waals surface area contributed by atoms with Crippen LogP contribution in [0.3, 0.4) is 0 Å². The Morgan fingerprint density at radius 2 is 1.24 bits per heavy atom. The summed E-state index contributed by atoms with van der Waals surface area (Å²) in [7, 11) is 0. The van der Waals surface area contributed by atoms with Crippen molar-refractivity contribution in [2.45, 2.75) is 61.8 Å². The fraction of sp³-hybridized carbons (Fsp3) is 0.444. The molecular weight excluding hydrogens is 941 g/mol. The number of aromatic amines is 1. The molecule has 0 saturated carbocycles. The van der Waals surface area contributed by atoms with Gasteiger partial charge >= 0.3 is 12.4 Å². The molecule has 5 aliphatic heterocycles. The zero-order chi connectivity index (χ0) is 49.0. The molecule has 0 bridgehead atoms. The van der Waals surface area contributed by atoms with Gasteiger partial charge in [0, 0.05) is 74.3 Å². The summed E-state index contributed by atoms with van der Waals surface area (Å²) in [6.45, 7) is 1.54. The minimum absolute atomic E-state index is 0.00345. The maximum atomic E-state index is 14.4. The molecular formula is C45H45F10N15. The van der Waals surface area contributed by atoms with Crippen LogP contribution in [0.2, 0.25) is 0 Å². The van der Waals surface area contributed by atoms with E-state index in [4.69, 9.17) is 0 Å². The minimum atomic E-state index is -4.74. The van der Waals surface area contributed by atoms with Gasteiger partial charge in [-0.2, -0.15) is 41.4 Å². The predicted molar refractivity (Wildman–Crippen MR) is 238 cm³/mol. The van der Waals surface area contributed by atoms with Gasteiger partial charge in [-0.25, -0.2) is 37.5 Å². The molecule has 0 spiro atoms. The van der Waals surface area contributed by atoms with E-state index in [0.29, 0.717) is 56.8 Å². The lowest BCUT2D eigenvalue weighted by molar-refractivity contribution is -0.138. The third kappa shape index (κ3) is 10.9. The average Bonchev–Trinajstić information content (AvgIpc) is 4.00. The molecule has 370 valence electrons. The van der Waals surface area contributed by atoms with Crippen molar-refractivity contribution in [3.8, 4) is 0 Å². The largest absolute Gasteiger partial charge is 0.416 e. The van der Waals surface area contributed by atoms with Gasteiger partial charge in [-0.15, -0.1) is 0 Å². The summed E-state index contributed by atoms with van der Waals surface area (Å²) < 4.78 is 139. The predicted octanol–water partition coefficient (Wildman–Crippen LogP) is 8.34. The second-order valence-corrected chi connectivity index (χ2v) is 18.3. The summed E-state index contributed by atoms with van der Waals surface area (Å²) >= 11 is 0. The zero-order valence-electron chi connectivity index (χ0n) is 37.1. The molecule has 15 nitrogen and oxygen atoms in total. The summed E-state index contributed by atoms with van der Waals surface area (Å²) in [5.74, 6) is -6.11. The standard InChI is InChI=1S/C45H45F10N15/c46-42(47)23-69(24-42)40-59-33(29-4-8-66(9-5-29)21-28-18-57-58-19-28)16-38(65-40)62-36-14-32(45(53,54)55)15-39(63-36)68-11-2-27(3-12-68)20-67-10-6-30(22-67)34-17-37(64-41(60-34)70-25-43(48,49)26-70)61-35-13-31(1-7-56-35)44(50,51)52/h1-3,7,11,13-19,29-30H,4-6,8-10,12,20-26H2,(H,57,58)(H,56,60,61,64)(H,59,62,63,65). The van der Waals surface area contributed by atoms with Crippen LogP contribution in [0.5, 0.6) is 0 Å². The molecule has 0 aliphatic carbocycles. The van der Waals surface area contributed by atoms with Crippen LogP contribution in [0.25, 0.3) is 0 Å². The van der Waals surface area contributed by atoms with Crippen molar-refractivity contribution in [3.63, 3.8) is 0 Å². The van der Waals surface area contributed by atoms with Crippen molar-refractivity contribution in [1.29, 1.82) is 0 Å². The second-order valence-electron chi connectivity index (χ2n) is 18.3.